The van der Waals surface area contributed by atoms with Crippen molar-refractivity contribution in [2.24, 2.45) is 5.73 Å². The van der Waals surface area contributed by atoms with Crippen molar-refractivity contribution in [3.63, 3.8) is 0 Å². The van der Waals surface area contributed by atoms with E-state index < -0.39 is 5.60 Å². The molecule has 0 bridgehead atoms. The van der Waals surface area contributed by atoms with Crippen LogP contribution in [0.25, 0.3) is 0 Å². The van der Waals surface area contributed by atoms with Crippen LogP contribution < -0.4 is 5.73 Å². The van der Waals surface area contributed by atoms with E-state index in [1.807, 2.05) is 13.0 Å². The number of aliphatic hydroxyl groups is 1. The van der Waals surface area contributed by atoms with Gasteiger partial charge in [-0.3, -0.25) is 4.90 Å². The molecule has 3 N–H and O–H groups in total. The summed E-state index contributed by atoms with van der Waals surface area (Å²) in [5.41, 5.74) is 6.71. The minimum atomic E-state index is -0.526. The molecule has 1 aromatic rings. The molecule has 1 fully saturated rings. The minimum absolute atomic E-state index is 0.226. The van der Waals surface area contributed by atoms with Gasteiger partial charge in [0.25, 0.3) is 0 Å². The molecule has 0 amide bonds. The minimum Gasteiger partial charge on any atom is -0.390 e. The predicted octanol–water partition coefficient (Wildman–Crippen LogP) is 2.69. The highest BCUT2D eigenvalue weighted by Crippen LogP contribution is 2.30. The molecule has 3 nitrogen and oxygen atoms in total. The fraction of sp³-hybridized carbons (Fsp3) is 0.600. The molecule has 19 heavy (non-hydrogen) atoms. The third-order valence-corrected chi connectivity index (χ3v) is 4.75. The Morgan fingerprint density at radius 1 is 1.37 bits per heavy atom. The molecule has 1 aliphatic rings. The maximum atomic E-state index is 10.2. The van der Waals surface area contributed by atoms with E-state index in [2.05, 4.69) is 39.0 Å². The SMILES string of the molecule is CC1(O)CCCN(C(CN)c2ccccc2Br)CC1. The average Bonchev–Trinajstić information content (AvgIpc) is 2.54. The van der Waals surface area contributed by atoms with Gasteiger partial charge in [0.05, 0.1) is 5.60 Å². The summed E-state index contributed by atoms with van der Waals surface area (Å²) in [7, 11) is 0. The molecule has 1 saturated heterocycles. The Labute approximate surface area is 123 Å². The fourth-order valence-electron chi connectivity index (χ4n) is 2.81. The molecule has 0 spiro atoms. The van der Waals surface area contributed by atoms with Gasteiger partial charge in [-0.25, -0.2) is 0 Å². The van der Waals surface area contributed by atoms with E-state index in [9.17, 15) is 5.11 Å². The third-order valence-electron chi connectivity index (χ3n) is 4.03. The topological polar surface area (TPSA) is 49.5 Å². The lowest BCUT2D eigenvalue weighted by molar-refractivity contribution is 0.0431. The van der Waals surface area contributed by atoms with E-state index >= 15 is 0 Å². The number of hydrogen-bond donors (Lipinski definition) is 2. The van der Waals surface area contributed by atoms with E-state index in [0.29, 0.717) is 6.54 Å². The zero-order valence-corrected chi connectivity index (χ0v) is 13.1. The summed E-state index contributed by atoms with van der Waals surface area (Å²) in [4.78, 5) is 2.40. The van der Waals surface area contributed by atoms with Crippen molar-refractivity contribution in [3.8, 4) is 0 Å². The highest BCUT2D eigenvalue weighted by atomic mass is 79.9. The first-order chi connectivity index (χ1) is 9.03. The lowest BCUT2D eigenvalue weighted by atomic mass is 9.98. The van der Waals surface area contributed by atoms with Crippen molar-refractivity contribution in [3.05, 3.63) is 34.3 Å². The van der Waals surface area contributed by atoms with Gasteiger partial charge in [0, 0.05) is 23.6 Å². The highest BCUT2D eigenvalue weighted by Gasteiger charge is 2.28. The standard InChI is InChI=1S/C15H23BrN2O/c1-15(19)7-4-9-18(10-8-15)14(11-17)12-5-2-3-6-13(12)16/h2-3,5-6,14,19H,4,7-11,17H2,1H3. The second-order valence-electron chi connectivity index (χ2n) is 5.66. The molecule has 2 atom stereocenters. The number of likely N-dealkylation sites (tertiary alicyclic amines) is 1. The Kier molecular flexibility index (Phi) is 5.01. The van der Waals surface area contributed by atoms with Crippen LogP contribution in [0.15, 0.2) is 28.7 Å². The lowest BCUT2D eigenvalue weighted by Gasteiger charge is -2.31. The number of nitrogens with zero attached hydrogens (tertiary/aromatic N) is 1. The summed E-state index contributed by atoms with van der Waals surface area (Å²) in [6.07, 6.45) is 2.71. The summed E-state index contributed by atoms with van der Waals surface area (Å²) in [6.45, 7) is 4.44. The van der Waals surface area contributed by atoms with Crippen LogP contribution in [0.4, 0.5) is 0 Å². The van der Waals surface area contributed by atoms with Crippen LogP contribution in [0.5, 0.6) is 0 Å². The maximum Gasteiger partial charge on any atom is 0.0632 e. The van der Waals surface area contributed by atoms with Crippen molar-refractivity contribution in [1.29, 1.82) is 0 Å². The van der Waals surface area contributed by atoms with E-state index in [-0.39, 0.29) is 6.04 Å². The zero-order chi connectivity index (χ0) is 13.9. The molecule has 4 heteroatoms. The second-order valence-corrected chi connectivity index (χ2v) is 6.51. The van der Waals surface area contributed by atoms with Crippen LogP contribution in [0.2, 0.25) is 0 Å². The lowest BCUT2D eigenvalue weighted by Crippen LogP contribution is -2.35. The number of halogens is 1. The van der Waals surface area contributed by atoms with Gasteiger partial charge in [0.2, 0.25) is 0 Å². The molecule has 0 aliphatic carbocycles. The molecule has 0 saturated carbocycles. The van der Waals surface area contributed by atoms with E-state index in [4.69, 9.17) is 5.73 Å². The summed E-state index contributed by atoms with van der Waals surface area (Å²) < 4.78 is 1.11. The van der Waals surface area contributed by atoms with Gasteiger partial charge in [-0.2, -0.15) is 0 Å². The van der Waals surface area contributed by atoms with Crippen molar-refractivity contribution in [2.75, 3.05) is 19.6 Å². The van der Waals surface area contributed by atoms with Gasteiger partial charge in [0.1, 0.15) is 0 Å². The first-order valence-electron chi connectivity index (χ1n) is 6.94. The largest absolute Gasteiger partial charge is 0.390 e. The quantitative estimate of drug-likeness (QED) is 0.897. The number of nitrogens with two attached hydrogens (primary N) is 1. The van der Waals surface area contributed by atoms with Crippen molar-refractivity contribution in [1.82, 2.24) is 4.90 Å². The van der Waals surface area contributed by atoms with Crippen LogP contribution in [-0.4, -0.2) is 35.2 Å². The molecule has 1 aromatic carbocycles. The molecule has 2 unspecified atom stereocenters. The van der Waals surface area contributed by atoms with Gasteiger partial charge in [0.15, 0.2) is 0 Å². The maximum absolute atomic E-state index is 10.2. The van der Waals surface area contributed by atoms with Crippen LogP contribution in [-0.2, 0) is 0 Å². The van der Waals surface area contributed by atoms with Crippen molar-refractivity contribution < 1.29 is 5.11 Å². The average molecular weight is 327 g/mol. The number of benzene rings is 1. The third kappa shape index (κ3) is 3.78. The molecule has 106 valence electrons. The van der Waals surface area contributed by atoms with E-state index in [1.165, 1.54) is 5.56 Å². The summed E-state index contributed by atoms with van der Waals surface area (Å²) in [6, 6.07) is 8.49. The van der Waals surface area contributed by atoms with Gasteiger partial charge < -0.3 is 10.8 Å². The molecule has 0 aromatic heterocycles. The van der Waals surface area contributed by atoms with Gasteiger partial charge in [-0.1, -0.05) is 34.1 Å². The number of hydrogen-bond acceptors (Lipinski definition) is 3. The Morgan fingerprint density at radius 3 is 2.79 bits per heavy atom. The van der Waals surface area contributed by atoms with E-state index in [1.54, 1.807) is 0 Å². The smallest absolute Gasteiger partial charge is 0.0632 e. The summed E-state index contributed by atoms with van der Waals surface area (Å²) >= 11 is 3.61. The zero-order valence-electron chi connectivity index (χ0n) is 11.5. The van der Waals surface area contributed by atoms with Crippen LogP contribution >= 0.6 is 15.9 Å². The Hall–Kier alpha value is -0.420. The molecule has 1 heterocycles. The summed E-state index contributed by atoms with van der Waals surface area (Å²) in [5, 5.41) is 10.2. The molecule has 2 rings (SSSR count). The first-order valence-corrected chi connectivity index (χ1v) is 7.74. The fourth-order valence-corrected chi connectivity index (χ4v) is 3.36. The molecule has 0 radical (unpaired) electrons. The molecular weight excluding hydrogens is 304 g/mol. The van der Waals surface area contributed by atoms with Crippen molar-refractivity contribution >= 4 is 15.9 Å². The Bertz CT molecular complexity index is 422. The number of rotatable bonds is 3. The van der Waals surface area contributed by atoms with Crippen LogP contribution in [0.3, 0.4) is 0 Å². The first kappa shape index (κ1) is 15.0. The van der Waals surface area contributed by atoms with Gasteiger partial charge >= 0.3 is 0 Å². The molecular formula is C15H23BrN2O. The predicted molar refractivity (Wildman–Crippen MR) is 82.0 cm³/mol. The van der Waals surface area contributed by atoms with Gasteiger partial charge in [-0.15, -0.1) is 0 Å². The Balaban J connectivity index is 2.16. The van der Waals surface area contributed by atoms with Crippen LogP contribution in [0.1, 0.15) is 37.8 Å². The Morgan fingerprint density at radius 2 is 2.11 bits per heavy atom. The van der Waals surface area contributed by atoms with Crippen molar-refractivity contribution in [2.45, 2.75) is 37.8 Å². The molecule has 1 aliphatic heterocycles. The van der Waals surface area contributed by atoms with Gasteiger partial charge in [-0.05, 0) is 44.4 Å². The van der Waals surface area contributed by atoms with Crippen LogP contribution in [0, 0.1) is 0 Å². The monoisotopic (exact) mass is 326 g/mol. The highest BCUT2D eigenvalue weighted by molar-refractivity contribution is 9.10. The van der Waals surface area contributed by atoms with E-state index in [0.717, 1.165) is 36.8 Å². The summed E-state index contributed by atoms with van der Waals surface area (Å²) in [5.74, 6) is 0. The second kappa shape index (κ2) is 6.35. The normalized spacial score (nSPS) is 26.9.